The fraction of sp³-hybridized carbons (Fsp3) is 1.00. The molecule has 0 aromatic rings. The second-order valence-corrected chi connectivity index (χ2v) is 4.37. The van der Waals surface area contributed by atoms with Crippen LogP contribution in [0.4, 0.5) is 0 Å². The summed E-state index contributed by atoms with van der Waals surface area (Å²) in [6.07, 6.45) is -0.667. The molecule has 0 radical (unpaired) electrons. The van der Waals surface area contributed by atoms with Crippen LogP contribution in [0.25, 0.3) is 0 Å². The van der Waals surface area contributed by atoms with Crippen LogP contribution in [0.15, 0.2) is 0 Å². The number of rotatable bonds is 0. The maximum atomic E-state index is 8.06. The van der Waals surface area contributed by atoms with Crippen molar-refractivity contribution in [1.82, 2.24) is 0 Å². The molecule has 0 aliphatic rings. The van der Waals surface area contributed by atoms with Gasteiger partial charge in [-0.2, -0.15) is 0 Å². The smallest absolute Gasteiger partial charge is 0.0483 e. The molecule has 0 bridgehead atoms. The van der Waals surface area contributed by atoms with E-state index in [-0.39, 0.29) is 45.5 Å². The summed E-state index contributed by atoms with van der Waals surface area (Å²) in [6, 6.07) is 0. The van der Waals surface area contributed by atoms with Crippen molar-refractivity contribution in [3.63, 3.8) is 0 Å². The van der Waals surface area contributed by atoms with Gasteiger partial charge in [0.2, 0.25) is 0 Å². The van der Waals surface area contributed by atoms with Gasteiger partial charge in [-0.3, -0.25) is 0 Å². The van der Waals surface area contributed by atoms with E-state index in [1.54, 1.807) is 55.4 Å². The van der Waals surface area contributed by atoms with E-state index in [0.717, 1.165) is 0 Å². The number of hydrogen-bond donors (Lipinski definition) is 4. The molecule has 0 saturated heterocycles. The van der Waals surface area contributed by atoms with E-state index >= 15 is 0 Å². The Morgan fingerprint density at radius 1 is 0.412 bits per heavy atom. The minimum absolute atomic E-state index is 0. The molecule has 4 N–H and O–H groups in total. The van der Waals surface area contributed by atoms with Crippen LogP contribution in [0.3, 0.4) is 0 Å². The van der Waals surface area contributed by atoms with E-state index in [1.165, 1.54) is 0 Å². The predicted octanol–water partition coefficient (Wildman–Crippen LogP) is 1.55. The van der Waals surface area contributed by atoms with Gasteiger partial charge in [0.15, 0.2) is 0 Å². The van der Waals surface area contributed by atoms with Gasteiger partial charge in [0.1, 0.15) is 0 Å². The molecule has 0 amide bonds. The van der Waals surface area contributed by atoms with E-state index in [9.17, 15) is 0 Å². The zero-order valence-corrected chi connectivity index (χ0v) is 15.4. The molecular weight excluding hydrogens is 392 g/mol. The van der Waals surface area contributed by atoms with Crippen LogP contribution in [0.5, 0.6) is 0 Å². The summed E-state index contributed by atoms with van der Waals surface area (Å²) in [6.45, 7) is 13.8. The Morgan fingerprint density at radius 3 is 0.412 bits per heavy atom. The van der Waals surface area contributed by atoms with Crippen LogP contribution < -0.4 is 0 Å². The van der Waals surface area contributed by atoms with Crippen LogP contribution in [0.2, 0.25) is 0 Å². The summed E-state index contributed by atoms with van der Waals surface area (Å²) in [4.78, 5) is 0. The molecule has 0 unspecified atom stereocenters. The standard InChI is InChI=1S/4C3H8O.W/c4*1-3(2)4;/h4*3-4H,1-2H3;. The topological polar surface area (TPSA) is 80.9 Å². The minimum atomic E-state index is -0.167. The van der Waals surface area contributed by atoms with Crippen molar-refractivity contribution in [2.45, 2.75) is 79.8 Å². The Bertz CT molecular complexity index is 61.5. The number of aliphatic hydroxyl groups excluding tert-OH is 4. The molecule has 0 spiro atoms. The summed E-state index contributed by atoms with van der Waals surface area (Å²) in [7, 11) is 0. The molecule has 0 aromatic heterocycles. The Balaban J connectivity index is -0.0000000369. The first-order chi connectivity index (χ1) is 6.93. The van der Waals surface area contributed by atoms with Crippen LogP contribution >= 0.6 is 0 Å². The second kappa shape index (κ2) is 25.4. The Morgan fingerprint density at radius 2 is 0.412 bits per heavy atom. The molecular formula is C12H32O4W. The summed E-state index contributed by atoms with van der Waals surface area (Å²) < 4.78 is 0. The molecule has 0 fully saturated rings. The Labute approximate surface area is 121 Å². The second-order valence-electron chi connectivity index (χ2n) is 4.37. The summed E-state index contributed by atoms with van der Waals surface area (Å²) in [5, 5.41) is 32.2. The van der Waals surface area contributed by atoms with Crippen molar-refractivity contribution >= 4 is 0 Å². The van der Waals surface area contributed by atoms with Crippen molar-refractivity contribution < 1.29 is 41.5 Å². The van der Waals surface area contributed by atoms with Gasteiger partial charge in [-0.15, -0.1) is 0 Å². The molecule has 0 saturated carbocycles. The Hall–Kier alpha value is 0.528. The van der Waals surface area contributed by atoms with Gasteiger partial charge < -0.3 is 20.4 Å². The first-order valence-electron chi connectivity index (χ1n) is 5.65. The van der Waals surface area contributed by atoms with Crippen LogP contribution in [-0.2, 0) is 21.1 Å². The fourth-order valence-corrected chi connectivity index (χ4v) is 0. The average molecular weight is 424 g/mol. The van der Waals surface area contributed by atoms with E-state index in [2.05, 4.69) is 0 Å². The zero-order valence-electron chi connectivity index (χ0n) is 12.5. The quantitative estimate of drug-likeness (QED) is 0.476. The Kier molecular flexibility index (Phi) is 45.6. The first-order valence-corrected chi connectivity index (χ1v) is 5.65. The van der Waals surface area contributed by atoms with Crippen molar-refractivity contribution in [2.24, 2.45) is 0 Å². The van der Waals surface area contributed by atoms with Crippen LogP contribution in [-0.4, -0.2) is 44.8 Å². The molecule has 110 valence electrons. The first kappa shape index (κ1) is 30.5. The van der Waals surface area contributed by atoms with Crippen molar-refractivity contribution in [3.8, 4) is 0 Å². The molecule has 0 rings (SSSR count). The molecule has 4 nitrogen and oxygen atoms in total. The largest absolute Gasteiger partial charge is 0.394 e. The zero-order chi connectivity index (χ0) is 14.3. The molecule has 5 heteroatoms. The third-order valence-electron chi connectivity index (χ3n) is 0. The van der Waals surface area contributed by atoms with Gasteiger partial charge in [-0.05, 0) is 55.4 Å². The van der Waals surface area contributed by atoms with Gasteiger partial charge in [0.25, 0.3) is 0 Å². The van der Waals surface area contributed by atoms with Crippen molar-refractivity contribution in [1.29, 1.82) is 0 Å². The van der Waals surface area contributed by atoms with Gasteiger partial charge in [-0.1, -0.05) is 0 Å². The van der Waals surface area contributed by atoms with Crippen molar-refractivity contribution in [2.75, 3.05) is 0 Å². The number of aliphatic hydroxyl groups is 4. The normalized spacial score (nSPS) is 8.47. The summed E-state index contributed by atoms with van der Waals surface area (Å²) in [5.41, 5.74) is 0. The SMILES string of the molecule is CC(C)O.CC(C)O.CC(C)O.CC(C)O.[W]. The molecule has 0 aliphatic carbocycles. The third kappa shape index (κ3) is 12500. The average Bonchev–Trinajstić information content (AvgIpc) is 1.76. The summed E-state index contributed by atoms with van der Waals surface area (Å²) in [5.74, 6) is 0. The van der Waals surface area contributed by atoms with E-state index in [4.69, 9.17) is 20.4 Å². The van der Waals surface area contributed by atoms with Crippen LogP contribution in [0, 0.1) is 0 Å². The van der Waals surface area contributed by atoms with Crippen molar-refractivity contribution in [3.05, 3.63) is 0 Å². The fourth-order valence-electron chi connectivity index (χ4n) is 0. The molecule has 0 atom stereocenters. The third-order valence-corrected chi connectivity index (χ3v) is 0. The van der Waals surface area contributed by atoms with E-state index in [1.807, 2.05) is 0 Å². The monoisotopic (exact) mass is 424 g/mol. The predicted molar refractivity (Wildman–Crippen MR) is 69.4 cm³/mol. The van der Waals surface area contributed by atoms with Gasteiger partial charge >= 0.3 is 0 Å². The molecule has 0 heterocycles. The molecule has 0 aromatic carbocycles. The van der Waals surface area contributed by atoms with Gasteiger partial charge in [-0.25, -0.2) is 0 Å². The van der Waals surface area contributed by atoms with E-state index in [0.29, 0.717) is 0 Å². The molecule has 17 heavy (non-hydrogen) atoms. The maximum absolute atomic E-state index is 8.06. The van der Waals surface area contributed by atoms with Gasteiger partial charge in [0.05, 0.1) is 0 Å². The summed E-state index contributed by atoms with van der Waals surface area (Å²) >= 11 is 0. The molecule has 0 aliphatic heterocycles. The number of hydrogen-bond acceptors (Lipinski definition) is 4. The van der Waals surface area contributed by atoms with Crippen LogP contribution in [0.1, 0.15) is 55.4 Å². The van der Waals surface area contributed by atoms with Gasteiger partial charge in [0, 0.05) is 45.5 Å². The minimum Gasteiger partial charge on any atom is -0.394 e. The van der Waals surface area contributed by atoms with E-state index < -0.39 is 0 Å². The maximum Gasteiger partial charge on any atom is 0.0483 e.